The maximum Gasteiger partial charge on any atom is 0.0492 e. The number of aromatic nitrogens is 2. The lowest BCUT2D eigenvalue weighted by molar-refractivity contribution is 0.350. The Balaban J connectivity index is 1.77. The molecule has 1 atom stereocenters. The number of hydrogen-bond donors (Lipinski definition) is 1. The maximum absolute atomic E-state index is 4.24. The number of aryl methyl sites for hydroxylation is 2. The van der Waals surface area contributed by atoms with Crippen molar-refractivity contribution in [3.8, 4) is 0 Å². The number of nitrogens with zero attached hydrogens (tertiary/aromatic N) is 2. The van der Waals surface area contributed by atoms with Gasteiger partial charge in [0.15, 0.2) is 0 Å². The van der Waals surface area contributed by atoms with E-state index in [1.54, 1.807) is 0 Å². The summed E-state index contributed by atoms with van der Waals surface area (Å²) in [5.74, 6) is 0.950. The first-order valence-electron chi connectivity index (χ1n) is 7.93. The van der Waals surface area contributed by atoms with Crippen molar-refractivity contribution in [3.63, 3.8) is 0 Å². The van der Waals surface area contributed by atoms with E-state index < -0.39 is 0 Å². The van der Waals surface area contributed by atoms with Crippen LogP contribution in [0.5, 0.6) is 0 Å². The van der Waals surface area contributed by atoms with Crippen molar-refractivity contribution in [1.29, 1.82) is 0 Å². The molecule has 0 radical (unpaired) electrons. The van der Waals surface area contributed by atoms with Gasteiger partial charge in [0.2, 0.25) is 0 Å². The molecule has 0 saturated heterocycles. The molecule has 1 aliphatic carbocycles. The van der Waals surface area contributed by atoms with Crippen LogP contribution in [0.4, 0.5) is 0 Å². The molecule has 3 nitrogen and oxygen atoms in total. The van der Waals surface area contributed by atoms with E-state index in [9.17, 15) is 0 Å². The average molecular weight is 263 g/mol. The molecule has 0 aromatic carbocycles. The fourth-order valence-electron chi connectivity index (χ4n) is 3.35. The van der Waals surface area contributed by atoms with Crippen molar-refractivity contribution < 1.29 is 0 Å². The van der Waals surface area contributed by atoms with Gasteiger partial charge in [0.1, 0.15) is 0 Å². The van der Waals surface area contributed by atoms with Crippen LogP contribution < -0.4 is 5.32 Å². The molecule has 1 aromatic heterocycles. The quantitative estimate of drug-likeness (QED) is 0.798. The smallest absolute Gasteiger partial charge is 0.0492 e. The molecule has 108 valence electrons. The molecule has 1 N–H and O–H groups in total. The summed E-state index contributed by atoms with van der Waals surface area (Å²) in [5.41, 5.74) is 1.35. The van der Waals surface area contributed by atoms with Gasteiger partial charge < -0.3 is 5.32 Å². The lowest BCUT2D eigenvalue weighted by Gasteiger charge is -2.22. The molecule has 3 heteroatoms. The summed E-state index contributed by atoms with van der Waals surface area (Å²) in [4.78, 5) is 0. The monoisotopic (exact) mass is 263 g/mol. The molecular weight excluding hydrogens is 234 g/mol. The van der Waals surface area contributed by atoms with Crippen LogP contribution in [-0.4, -0.2) is 22.9 Å². The summed E-state index contributed by atoms with van der Waals surface area (Å²) in [7, 11) is 4.15. The van der Waals surface area contributed by atoms with E-state index in [-0.39, 0.29) is 0 Å². The summed E-state index contributed by atoms with van der Waals surface area (Å²) >= 11 is 0. The predicted octanol–water partition coefficient (Wildman–Crippen LogP) is 3.30. The normalized spacial score (nSPS) is 19.3. The van der Waals surface area contributed by atoms with Crippen molar-refractivity contribution >= 4 is 0 Å². The van der Waals surface area contributed by atoms with Crippen molar-refractivity contribution in [2.24, 2.45) is 13.0 Å². The second-order valence-electron chi connectivity index (χ2n) is 6.06. The van der Waals surface area contributed by atoms with Gasteiger partial charge in [-0.2, -0.15) is 5.10 Å². The summed E-state index contributed by atoms with van der Waals surface area (Å²) in [5, 5.41) is 7.77. The highest BCUT2D eigenvalue weighted by atomic mass is 15.2. The first-order chi connectivity index (χ1) is 9.29. The van der Waals surface area contributed by atoms with Gasteiger partial charge >= 0.3 is 0 Å². The molecule has 2 rings (SSSR count). The molecule has 1 saturated carbocycles. The minimum atomic E-state index is 0.665. The van der Waals surface area contributed by atoms with Crippen LogP contribution in [0.1, 0.15) is 57.1 Å². The van der Waals surface area contributed by atoms with Crippen molar-refractivity contribution in [3.05, 3.63) is 18.0 Å². The second kappa shape index (κ2) is 7.68. The van der Waals surface area contributed by atoms with E-state index in [0.717, 1.165) is 12.3 Å². The lowest BCUT2D eigenvalue weighted by atomic mass is 9.90. The molecule has 0 amide bonds. The third-order valence-corrected chi connectivity index (χ3v) is 4.67. The van der Waals surface area contributed by atoms with Crippen LogP contribution >= 0.6 is 0 Å². The van der Waals surface area contributed by atoms with Gasteiger partial charge in [0, 0.05) is 25.0 Å². The van der Waals surface area contributed by atoms with Gasteiger partial charge in [-0.1, -0.05) is 38.5 Å². The fourth-order valence-corrected chi connectivity index (χ4v) is 3.35. The minimum absolute atomic E-state index is 0.665. The van der Waals surface area contributed by atoms with Crippen LogP contribution in [0.15, 0.2) is 12.3 Å². The van der Waals surface area contributed by atoms with E-state index in [2.05, 4.69) is 23.5 Å². The van der Waals surface area contributed by atoms with Crippen LogP contribution in [0.25, 0.3) is 0 Å². The molecule has 0 spiro atoms. The Morgan fingerprint density at radius 1 is 1.32 bits per heavy atom. The van der Waals surface area contributed by atoms with Gasteiger partial charge in [-0.25, -0.2) is 0 Å². The summed E-state index contributed by atoms with van der Waals surface area (Å²) in [6, 6.07) is 2.80. The molecule has 0 bridgehead atoms. The highest BCUT2D eigenvalue weighted by Crippen LogP contribution is 2.27. The zero-order valence-electron chi connectivity index (χ0n) is 12.6. The van der Waals surface area contributed by atoms with Crippen LogP contribution in [0, 0.1) is 5.92 Å². The van der Waals surface area contributed by atoms with E-state index >= 15 is 0 Å². The Morgan fingerprint density at radius 2 is 2.05 bits per heavy atom. The Morgan fingerprint density at radius 3 is 2.63 bits per heavy atom. The highest BCUT2D eigenvalue weighted by Gasteiger charge is 2.17. The molecule has 0 aliphatic heterocycles. The van der Waals surface area contributed by atoms with Crippen molar-refractivity contribution in [1.82, 2.24) is 15.1 Å². The zero-order valence-corrected chi connectivity index (χ0v) is 12.6. The first-order valence-corrected chi connectivity index (χ1v) is 7.93. The van der Waals surface area contributed by atoms with Crippen LogP contribution in [-0.2, 0) is 13.5 Å². The molecule has 1 heterocycles. The fraction of sp³-hybridized carbons (Fsp3) is 0.812. The topological polar surface area (TPSA) is 29.9 Å². The molecule has 1 fully saturated rings. The van der Waals surface area contributed by atoms with Gasteiger partial charge in [0.25, 0.3) is 0 Å². The third kappa shape index (κ3) is 4.64. The third-order valence-electron chi connectivity index (χ3n) is 4.67. The lowest BCUT2D eigenvalue weighted by Crippen LogP contribution is -2.28. The van der Waals surface area contributed by atoms with Crippen molar-refractivity contribution in [2.45, 2.75) is 63.8 Å². The van der Waals surface area contributed by atoms with Gasteiger partial charge in [-0.3, -0.25) is 4.68 Å². The van der Waals surface area contributed by atoms with E-state index in [1.165, 1.54) is 57.1 Å². The number of hydrogen-bond acceptors (Lipinski definition) is 2. The number of rotatable bonds is 6. The van der Waals surface area contributed by atoms with Crippen molar-refractivity contribution in [2.75, 3.05) is 7.05 Å². The Labute approximate surface area is 117 Å². The first kappa shape index (κ1) is 14.6. The highest BCUT2D eigenvalue weighted by molar-refractivity contribution is 5.00. The van der Waals surface area contributed by atoms with E-state index in [4.69, 9.17) is 0 Å². The van der Waals surface area contributed by atoms with Crippen LogP contribution in [0.3, 0.4) is 0 Å². The minimum Gasteiger partial charge on any atom is -0.317 e. The Hall–Kier alpha value is -0.830. The molecule has 1 unspecified atom stereocenters. The Bertz CT molecular complexity index is 351. The molecule has 1 aliphatic rings. The standard InChI is InChI=1S/C16H29N3/c1-17-15(9-10-16-11-12-18-19(16)2)13-14-7-5-3-4-6-8-14/h11-12,14-15,17H,3-10,13H2,1-2H3. The summed E-state index contributed by atoms with van der Waals surface area (Å²) in [6.45, 7) is 0. The van der Waals surface area contributed by atoms with Gasteiger partial charge in [0.05, 0.1) is 0 Å². The largest absolute Gasteiger partial charge is 0.317 e. The zero-order chi connectivity index (χ0) is 13.5. The predicted molar refractivity (Wildman–Crippen MR) is 80.2 cm³/mol. The summed E-state index contributed by atoms with van der Waals surface area (Å²) in [6.07, 6.45) is 14.3. The summed E-state index contributed by atoms with van der Waals surface area (Å²) < 4.78 is 2.00. The van der Waals surface area contributed by atoms with Gasteiger partial charge in [-0.15, -0.1) is 0 Å². The van der Waals surface area contributed by atoms with Crippen LogP contribution in [0.2, 0.25) is 0 Å². The van der Waals surface area contributed by atoms with E-state index in [0.29, 0.717) is 6.04 Å². The second-order valence-corrected chi connectivity index (χ2v) is 6.06. The molecule has 19 heavy (non-hydrogen) atoms. The van der Waals surface area contributed by atoms with E-state index in [1.807, 2.05) is 17.9 Å². The molecular formula is C16H29N3. The van der Waals surface area contributed by atoms with Gasteiger partial charge in [-0.05, 0) is 38.3 Å². The maximum atomic E-state index is 4.24. The SMILES string of the molecule is CNC(CCc1ccnn1C)CC1CCCCCC1. The Kier molecular flexibility index (Phi) is 5.90. The number of nitrogens with one attached hydrogen (secondary N) is 1. The molecule has 1 aromatic rings. The average Bonchev–Trinajstić information content (AvgIpc) is 2.66.